The number of rotatable bonds is 6. The lowest BCUT2D eigenvalue weighted by atomic mass is 10.1. The van der Waals surface area contributed by atoms with E-state index >= 15 is 0 Å². The minimum Gasteiger partial charge on any atom is -0.443 e. The van der Waals surface area contributed by atoms with Crippen LogP contribution >= 0.6 is 0 Å². The van der Waals surface area contributed by atoms with Crippen LogP contribution in [0.15, 0.2) is 0 Å². The molecule has 0 spiro atoms. The summed E-state index contributed by atoms with van der Waals surface area (Å²) in [7, 11) is 0. The third kappa shape index (κ3) is 9.90. The number of hydrogen-bond acceptors (Lipinski definition) is 9. The number of imide groups is 1. The molecule has 10 heteroatoms. The molecule has 2 amide bonds. The Morgan fingerprint density at radius 3 is 1.67 bits per heavy atom. The van der Waals surface area contributed by atoms with Crippen LogP contribution in [0.25, 0.3) is 0 Å². The molecule has 0 unspecified atom stereocenters. The molecular weight excluding hydrogens is 358 g/mol. The van der Waals surface area contributed by atoms with Crippen LogP contribution in [0.3, 0.4) is 0 Å². The Morgan fingerprint density at radius 1 is 0.889 bits per heavy atom. The molecule has 0 aromatic rings. The maximum atomic E-state index is 12.6. The molecule has 10 nitrogen and oxygen atoms in total. The average Bonchev–Trinajstić information content (AvgIpc) is 2.46. The molecule has 4 N–H and O–H groups in total. The maximum Gasteiger partial charge on any atom is 0.420 e. The van der Waals surface area contributed by atoms with Gasteiger partial charge in [0.2, 0.25) is 0 Å². The smallest absolute Gasteiger partial charge is 0.420 e. The molecule has 1 atom stereocenters. The van der Waals surface area contributed by atoms with Gasteiger partial charge in [0.1, 0.15) is 17.2 Å². The lowest BCUT2D eigenvalue weighted by molar-refractivity contribution is -0.162. The van der Waals surface area contributed by atoms with Crippen molar-refractivity contribution in [1.29, 1.82) is 0 Å². The monoisotopic (exact) mass is 389 g/mol. The number of nitrogens with zero attached hydrogens (tertiary/aromatic N) is 1. The van der Waals surface area contributed by atoms with Gasteiger partial charge in [0, 0.05) is 0 Å². The van der Waals surface area contributed by atoms with Crippen LogP contribution in [0, 0.1) is 0 Å². The molecule has 0 aliphatic heterocycles. The van der Waals surface area contributed by atoms with Crippen LogP contribution in [0.2, 0.25) is 0 Å². The number of amides is 2. The molecule has 27 heavy (non-hydrogen) atoms. The summed E-state index contributed by atoms with van der Waals surface area (Å²) in [5.41, 5.74) is 8.73. The number of carbonyl (C=O) groups is 4. The highest BCUT2D eigenvalue weighted by atomic mass is 16.6. The SMILES string of the molecule is CC(C)(C)OC(=O)N(C(=O)OC(C)(C)C)[C@H](CCCN)C(=O)OC(=O)CN. The van der Waals surface area contributed by atoms with Crippen LogP contribution in [-0.2, 0) is 23.8 Å². The van der Waals surface area contributed by atoms with Crippen LogP contribution in [0.5, 0.6) is 0 Å². The first-order valence-electron chi connectivity index (χ1n) is 8.61. The fourth-order valence-electron chi connectivity index (χ4n) is 1.84. The summed E-state index contributed by atoms with van der Waals surface area (Å²) in [4.78, 5) is 49.5. The van der Waals surface area contributed by atoms with Gasteiger partial charge in [-0.1, -0.05) is 0 Å². The molecule has 0 heterocycles. The summed E-state index contributed by atoms with van der Waals surface area (Å²) >= 11 is 0. The predicted molar refractivity (Wildman–Crippen MR) is 96.5 cm³/mol. The van der Waals surface area contributed by atoms with Crippen molar-refractivity contribution in [2.24, 2.45) is 11.5 Å². The minimum absolute atomic E-state index is 0.0360. The fraction of sp³-hybridized carbons (Fsp3) is 0.765. The number of nitrogens with two attached hydrogens (primary N) is 2. The zero-order chi connectivity index (χ0) is 21.4. The molecule has 0 aliphatic carbocycles. The first kappa shape index (κ1) is 24.8. The van der Waals surface area contributed by atoms with Gasteiger partial charge in [-0.05, 0) is 60.9 Å². The third-order valence-electron chi connectivity index (χ3n) is 2.83. The van der Waals surface area contributed by atoms with Crippen molar-refractivity contribution in [2.45, 2.75) is 71.6 Å². The van der Waals surface area contributed by atoms with Crippen molar-refractivity contribution in [3.05, 3.63) is 0 Å². The number of esters is 2. The van der Waals surface area contributed by atoms with Crippen LogP contribution < -0.4 is 11.5 Å². The molecule has 0 aliphatic rings. The Morgan fingerprint density at radius 2 is 1.33 bits per heavy atom. The minimum atomic E-state index is -1.45. The van der Waals surface area contributed by atoms with Gasteiger partial charge in [-0.3, -0.25) is 4.79 Å². The number of hydrogen-bond donors (Lipinski definition) is 2. The van der Waals surface area contributed by atoms with Crippen LogP contribution in [-0.4, -0.2) is 59.4 Å². The standard InChI is InChI=1S/C17H31N3O7/c1-16(2,3)26-14(23)20(15(24)27-17(4,5)6)11(8-7-9-18)13(22)25-12(21)10-19/h11H,7-10,18-19H2,1-6H3/t11-/m1/s1. The van der Waals surface area contributed by atoms with Crippen LogP contribution in [0.4, 0.5) is 9.59 Å². The lowest BCUT2D eigenvalue weighted by Crippen LogP contribution is -2.53. The van der Waals surface area contributed by atoms with Gasteiger partial charge < -0.3 is 25.7 Å². The van der Waals surface area contributed by atoms with Gasteiger partial charge in [-0.2, -0.15) is 4.90 Å². The number of ether oxygens (including phenoxy) is 3. The van der Waals surface area contributed by atoms with E-state index in [4.69, 9.17) is 20.9 Å². The average molecular weight is 389 g/mol. The van der Waals surface area contributed by atoms with E-state index in [9.17, 15) is 19.2 Å². The van der Waals surface area contributed by atoms with Crippen LogP contribution in [0.1, 0.15) is 54.4 Å². The van der Waals surface area contributed by atoms with Crippen molar-refractivity contribution < 1.29 is 33.4 Å². The fourth-order valence-corrected chi connectivity index (χ4v) is 1.84. The molecule has 0 saturated heterocycles. The Balaban J connectivity index is 5.86. The molecule has 0 aromatic carbocycles. The second-order valence-electron chi connectivity index (χ2n) is 7.77. The largest absolute Gasteiger partial charge is 0.443 e. The summed E-state index contributed by atoms with van der Waals surface area (Å²) < 4.78 is 15.0. The zero-order valence-corrected chi connectivity index (χ0v) is 16.9. The van der Waals surface area contributed by atoms with Crippen molar-refractivity contribution in [3.8, 4) is 0 Å². The predicted octanol–water partition coefficient (Wildman–Crippen LogP) is 1.29. The van der Waals surface area contributed by atoms with Crippen molar-refractivity contribution in [1.82, 2.24) is 4.90 Å². The highest BCUT2D eigenvalue weighted by molar-refractivity contribution is 5.97. The van der Waals surface area contributed by atoms with E-state index in [-0.39, 0.29) is 19.4 Å². The summed E-state index contributed by atoms with van der Waals surface area (Å²) in [6, 6.07) is -1.45. The van der Waals surface area contributed by atoms with E-state index in [1.165, 1.54) is 0 Å². The quantitative estimate of drug-likeness (QED) is 0.389. The highest BCUT2D eigenvalue weighted by Crippen LogP contribution is 2.19. The zero-order valence-electron chi connectivity index (χ0n) is 16.9. The Kier molecular flexibility index (Phi) is 9.38. The first-order valence-corrected chi connectivity index (χ1v) is 8.61. The van der Waals surface area contributed by atoms with Gasteiger partial charge >= 0.3 is 24.1 Å². The lowest BCUT2D eigenvalue weighted by Gasteiger charge is -2.32. The molecule has 156 valence electrons. The molecule has 0 radical (unpaired) electrons. The van der Waals surface area contributed by atoms with Crippen molar-refractivity contribution in [2.75, 3.05) is 13.1 Å². The van der Waals surface area contributed by atoms with E-state index in [2.05, 4.69) is 4.74 Å². The van der Waals surface area contributed by atoms with Gasteiger partial charge in [-0.15, -0.1) is 0 Å². The van der Waals surface area contributed by atoms with Gasteiger partial charge in [0.25, 0.3) is 0 Å². The number of carbonyl (C=O) groups excluding carboxylic acids is 4. The van der Waals surface area contributed by atoms with Gasteiger partial charge in [-0.25, -0.2) is 14.4 Å². The Hall–Kier alpha value is -2.20. The van der Waals surface area contributed by atoms with Gasteiger partial charge in [0.05, 0.1) is 6.54 Å². The van der Waals surface area contributed by atoms with Crippen molar-refractivity contribution >= 4 is 24.1 Å². The Labute approximate surface area is 159 Å². The Bertz CT molecular complexity index is 522. The van der Waals surface area contributed by atoms with Crippen molar-refractivity contribution in [3.63, 3.8) is 0 Å². The second kappa shape index (κ2) is 10.2. The summed E-state index contributed by atoms with van der Waals surface area (Å²) in [6.07, 6.45) is -1.96. The second-order valence-corrected chi connectivity index (χ2v) is 7.77. The maximum absolute atomic E-state index is 12.6. The van der Waals surface area contributed by atoms with E-state index < -0.39 is 47.9 Å². The molecular formula is C17H31N3O7. The van der Waals surface area contributed by atoms with E-state index in [1.54, 1.807) is 41.5 Å². The first-order chi connectivity index (χ1) is 12.2. The molecule has 0 fully saturated rings. The van der Waals surface area contributed by atoms with Gasteiger partial charge in [0.15, 0.2) is 0 Å². The van der Waals surface area contributed by atoms with E-state index in [0.717, 1.165) is 0 Å². The van der Waals surface area contributed by atoms with E-state index in [0.29, 0.717) is 4.90 Å². The highest BCUT2D eigenvalue weighted by Gasteiger charge is 2.41. The summed E-state index contributed by atoms with van der Waals surface area (Å²) in [5.74, 6) is -2.11. The molecule has 0 rings (SSSR count). The topological polar surface area (TPSA) is 151 Å². The normalized spacial score (nSPS) is 12.7. The molecule has 0 bridgehead atoms. The molecule has 0 saturated carbocycles. The van der Waals surface area contributed by atoms with E-state index in [1.807, 2.05) is 0 Å². The molecule has 0 aromatic heterocycles. The summed E-state index contributed by atoms with van der Waals surface area (Å²) in [6.45, 7) is 9.26. The summed E-state index contributed by atoms with van der Waals surface area (Å²) in [5, 5.41) is 0. The third-order valence-corrected chi connectivity index (χ3v) is 2.83.